The highest BCUT2D eigenvalue weighted by Crippen LogP contribution is 2.33. The number of amides is 1. The van der Waals surface area contributed by atoms with Gasteiger partial charge < -0.3 is 0 Å². The zero-order valence-corrected chi connectivity index (χ0v) is 11.8. The molecule has 5 heteroatoms. The first-order valence-corrected chi connectivity index (χ1v) is 7.11. The number of thiazole rings is 1. The van der Waals surface area contributed by atoms with Crippen LogP contribution in [0, 0.1) is 18.3 Å². The minimum absolute atomic E-state index is 0.0104. The van der Waals surface area contributed by atoms with Crippen LogP contribution >= 0.6 is 27.3 Å². The van der Waals surface area contributed by atoms with Gasteiger partial charge in [-0.3, -0.25) is 9.69 Å². The van der Waals surface area contributed by atoms with Gasteiger partial charge in [-0.1, -0.05) is 27.3 Å². The van der Waals surface area contributed by atoms with Crippen LogP contribution in [0.2, 0.25) is 0 Å². The first-order chi connectivity index (χ1) is 8.67. The van der Waals surface area contributed by atoms with Crippen LogP contribution in [0.5, 0.6) is 0 Å². The fraction of sp³-hybridized carbons (Fsp3) is 0.231. The molecule has 1 aromatic carbocycles. The summed E-state index contributed by atoms with van der Waals surface area (Å²) in [5.74, 6) is 2.72. The van der Waals surface area contributed by atoms with Gasteiger partial charge >= 0.3 is 0 Å². The number of anilines is 1. The number of hydrogen-bond acceptors (Lipinski definition) is 3. The second kappa shape index (κ2) is 4.38. The molecule has 90 valence electrons. The van der Waals surface area contributed by atoms with Crippen LogP contribution in [0.3, 0.4) is 0 Å². The number of carbonyl (C=O) groups is 1. The molecule has 1 atom stereocenters. The summed E-state index contributed by atoms with van der Waals surface area (Å²) in [5.41, 5.74) is 0.912. The SMILES string of the molecule is C#CC1CC(=O)N(c2nc3ccc(Br)cc3s2)C1. The van der Waals surface area contributed by atoms with Crippen LogP contribution in [-0.4, -0.2) is 17.4 Å². The van der Waals surface area contributed by atoms with Crippen molar-refractivity contribution in [2.24, 2.45) is 5.92 Å². The lowest BCUT2D eigenvalue weighted by molar-refractivity contribution is -0.117. The summed E-state index contributed by atoms with van der Waals surface area (Å²) in [4.78, 5) is 18.1. The van der Waals surface area contributed by atoms with E-state index in [1.807, 2.05) is 18.2 Å². The normalized spacial score (nSPS) is 19.4. The average Bonchev–Trinajstić information content (AvgIpc) is 2.91. The second-order valence-corrected chi connectivity index (χ2v) is 6.11. The number of nitrogens with zero attached hydrogens (tertiary/aromatic N) is 2. The van der Waals surface area contributed by atoms with Gasteiger partial charge in [0.25, 0.3) is 0 Å². The topological polar surface area (TPSA) is 33.2 Å². The molecule has 0 aliphatic carbocycles. The van der Waals surface area contributed by atoms with Gasteiger partial charge in [-0.25, -0.2) is 4.98 Å². The Morgan fingerprint density at radius 2 is 2.39 bits per heavy atom. The molecule has 1 aliphatic heterocycles. The first kappa shape index (κ1) is 11.7. The molecule has 0 N–H and O–H groups in total. The van der Waals surface area contributed by atoms with Crippen molar-refractivity contribution in [3.05, 3.63) is 22.7 Å². The highest BCUT2D eigenvalue weighted by molar-refractivity contribution is 9.10. The number of benzene rings is 1. The van der Waals surface area contributed by atoms with Gasteiger partial charge in [0, 0.05) is 23.4 Å². The molecule has 0 saturated carbocycles. The Bertz CT molecular complexity index is 673. The average molecular weight is 321 g/mol. The molecule has 0 spiro atoms. The van der Waals surface area contributed by atoms with E-state index in [4.69, 9.17) is 6.42 Å². The molecule has 1 unspecified atom stereocenters. The van der Waals surface area contributed by atoms with Gasteiger partial charge in [0.15, 0.2) is 5.13 Å². The fourth-order valence-electron chi connectivity index (χ4n) is 2.01. The predicted molar refractivity (Wildman–Crippen MR) is 76.6 cm³/mol. The van der Waals surface area contributed by atoms with Crippen LogP contribution in [-0.2, 0) is 4.79 Å². The first-order valence-electron chi connectivity index (χ1n) is 5.50. The predicted octanol–water partition coefficient (Wildman–Crippen LogP) is 3.04. The van der Waals surface area contributed by atoms with Crippen LogP contribution in [0.1, 0.15) is 6.42 Å². The quantitative estimate of drug-likeness (QED) is 0.757. The maximum Gasteiger partial charge on any atom is 0.230 e. The van der Waals surface area contributed by atoms with Gasteiger partial charge in [-0.05, 0) is 18.2 Å². The molecule has 3 nitrogen and oxygen atoms in total. The molecule has 1 saturated heterocycles. The van der Waals surface area contributed by atoms with E-state index < -0.39 is 0 Å². The Morgan fingerprint density at radius 3 is 3.11 bits per heavy atom. The van der Waals surface area contributed by atoms with E-state index in [2.05, 4.69) is 26.8 Å². The van der Waals surface area contributed by atoms with Crippen molar-refractivity contribution in [2.45, 2.75) is 6.42 Å². The number of terminal acetylenes is 1. The summed E-state index contributed by atoms with van der Waals surface area (Å²) >= 11 is 4.95. The van der Waals surface area contributed by atoms with E-state index in [1.165, 1.54) is 11.3 Å². The molecule has 1 aliphatic rings. The zero-order chi connectivity index (χ0) is 12.7. The number of aromatic nitrogens is 1. The third kappa shape index (κ3) is 1.92. The molecule has 2 aromatic rings. The van der Waals surface area contributed by atoms with Gasteiger partial charge in [0.2, 0.25) is 5.91 Å². The van der Waals surface area contributed by atoms with Gasteiger partial charge in [0.05, 0.1) is 10.2 Å². The highest BCUT2D eigenvalue weighted by Gasteiger charge is 2.31. The smallest absolute Gasteiger partial charge is 0.230 e. The Morgan fingerprint density at radius 1 is 1.56 bits per heavy atom. The summed E-state index contributed by atoms with van der Waals surface area (Å²) in [7, 11) is 0. The molecule has 0 radical (unpaired) electrons. The molecule has 1 fully saturated rings. The van der Waals surface area contributed by atoms with Crippen molar-refractivity contribution in [3.8, 4) is 12.3 Å². The molecule has 3 rings (SSSR count). The van der Waals surface area contributed by atoms with E-state index in [9.17, 15) is 4.79 Å². The van der Waals surface area contributed by atoms with Gasteiger partial charge in [0.1, 0.15) is 0 Å². The lowest BCUT2D eigenvalue weighted by Crippen LogP contribution is -2.24. The summed E-state index contributed by atoms with van der Waals surface area (Å²) < 4.78 is 2.08. The number of fused-ring (bicyclic) bond motifs is 1. The minimum Gasteiger partial charge on any atom is -0.287 e. The summed E-state index contributed by atoms with van der Waals surface area (Å²) in [6.45, 7) is 0.580. The Kier molecular flexibility index (Phi) is 2.84. The largest absolute Gasteiger partial charge is 0.287 e. The number of rotatable bonds is 1. The standard InChI is InChI=1S/C13H9BrN2OS/c1-2-8-5-12(17)16(7-8)13-15-10-4-3-9(14)6-11(10)18-13/h1,3-4,6,8H,5,7H2. The third-order valence-corrected chi connectivity index (χ3v) is 4.47. The van der Waals surface area contributed by atoms with Crippen molar-refractivity contribution >= 4 is 48.5 Å². The van der Waals surface area contributed by atoms with Crippen LogP contribution in [0.4, 0.5) is 5.13 Å². The summed E-state index contributed by atoms with van der Waals surface area (Å²) in [5, 5.41) is 0.742. The Hall–Kier alpha value is -1.38. The zero-order valence-electron chi connectivity index (χ0n) is 9.39. The molecular weight excluding hydrogens is 312 g/mol. The van der Waals surface area contributed by atoms with Crippen LogP contribution in [0.25, 0.3) is 10.2 Å². The van der Waals surface area contributed by atoms with E-state index >= 15 is 0 Å². The molecule has 2 heterocycles. The van der Waals surface area contributed by atoms with Gasteiger partial charge in [-0.15, -0.1) is 12.3 Å². The van der Waals surface area contributed by atoms with Crippen molar-refractivity contribution in [2.75, 3.05) is 11.4 Å². The van der Waals surface area contributed by atoms with Crippen molar-refractivity contribution in [1.29, 1.82) is 0 Å². The third-order valence-electron chi connectivity index (χ3n) is 2.93. The number of carbonyl (C=O) groups excluding carboxylic acids is 1. The minimum atomic E-state index is 0.0104. The lowest BCUT2D eigenvalue weighted by Gasteiger charge is -2.10. The second-order valence-electron chi connectivity index (χ2n) is 4.18. The van der Waals surface area contributed by atoms with E-state index in [0.29, 0.717) is 13.0 Å². The summed E-state index contributed by atoms with van der Waals surface area (Å²) in [6.07, 6.45) is 5.81. The lowest BCUT2D eigenvalue weighted by atomic mass is 10.1. The van der Waals surface area contributed by atoms with Crippen LogP contribution < -0.4 is 4.90 Å². The molecule has 18 heavy (non-hydrogen) atoms. The molecule has 1 amide bonds. The van der Waals surface area contributed by atoms with Crippen molar-refractivity contribution < 1.29 is 4.79 Å². The fourth-order valence-corrected chi connectivity index (χ4v) is 3.55. The highest BCUT2D eigenvalue weighted by atomic mass is 79.9. The number of halogens is 1. The monoisotopic (exact) mass is 320 g/mol. The molecule has 1 aromatic heterocycles. The van der Waals surface area contributed by atoms with Crippen molar-refractivity contribution in [3.63, 3.8) is 0 Å². The summed E-state index contributed by atoms with van der Waals surface area (Å²) in [6, 6.07) is 5.90. The maximum atomic E-state index is 11.9. The van der Waals surface area contributed by atoms with E-state index in [0.717, 1.165) is 19.8 Å². The maximum absolute atomic E-state index is 11.9. The van der Waals surface area contributed by atoms with Crippen LogP contribution in [0.15, 0.2) is 22.7 Å². The molecular formula is C13H9BrN2OS. The van der Waals surface area contributed by atoms with Gasteiger partial charge in [-0.2, -0.15) is 0 Å². The molecule has 0 bridgehead atoms. The Balaban J connectivity index is 2.00. The van der Waals surface area contributed by atoms with E-state index in [-0.39, 0.29) is 11.8 Å². The van der Waals surface area contributed by atoms with Crippen molar-refractivity contribution in [1.82, 2.24) is 4.98 Å². The number of hydrogen-bond donors (Lipinski definition) is 0. The van der Waals surface area contributed by atoms with E-state index in [1.54, 1.807) is 4.90 Å². The Labute approximate surface area is 117 Å².